The summed E-state index contributed by atoms with van der Waals surface area (Å²) >= 11 is 7.65. The topological polar surface area (TPSA) is 24.9 Å². The van der Waals surface area contributed by atoms with Crippen LogP contribution >= 0.6 is 22.9 Å². The average molecular weight is 315 g/mol. The second-order valence-corrected chi connectivity index (χ2v) is 6.16. The van der Waals surface area contributed by atoms with Crippen LogP contribution in [0.5, 0.6) is 0 Å². The van der Waals surface area contributed by atoms with E-state index in [0.29, 0.717) is 0 Å². The number of hydrogen-bond acceptors (Lipinski definition) is 3. The Bertz CT molecular complexity index is 720. The van der Waals surface area contributed by atoms with Gasteiger partial charge < -0.3 is 5.32 Å². The highest BCUT2D eigenvalue weighted by Gasteiger charge is 2.12. The van der Waals surface area contributed by atoms with Crippen molar-refractivity contribution in [3.63, 3.8) is 0 Å². The van der Waals surface area contributed by atoms with Crippen molar-refractivity contribution in [1.29, 1.82) is 0 Å². The lowest BCUT2D eigenvalue weighted by molar-refractivity contribution is 1.17. The summed E-state index contributed by atoms with van der Waals surface area (Å²) in [5, 5.41) is 5.03. The highest BCUT2D eigenvalue weighted by Crippen LogP contribution is 2.33. The Hall–Kier alpha value is -1.84. The number of nitrogens with zero attached hydrogens (tertiary/aromatic N) is 1. The first kappa shape index (κ1) is 14.1. The van der Waals surface area contributed by atoms with Crippen molar-refractivity contribution in [1.82, 2.24) is 4.98 Å². The molecule has 0 unspecified atom stereocenters. The van der Waals surface area contributed by atoms with Crippen molar-refractivity contribution < 1.29 is 0 Å². The fraction of sp³-hybridized carbons (Fsp3) is 0.118. The lowest BCUT2D eigenvalue weighted by Crippen LogP contribution is -1.88. The molecule has 21 heavy (non-hydrogen) atoms. The zero-order valence-electron chi connectivity index (χ0n) is 11.6. The minimum absolute atomic E-state index is 0.745. The molecule has 0 atom stereocenters. The fourth-order valence-electron chi connectivity index (χ4n) is 2.12. The van der Waals surface area contributed by atoms with E-state index in [1.165, 1.54) is 4.88 Å². The fourth-order valence-corrected chi connectivity index (χ4v) is 3.19. The molecule has 1 N–H and O–H groups in total. The predicted octanol–water partition coefficient (Wildman–Crippen LogP) is 5.77. The number of rotatable bonds is 4. The molecule has 0 saturated carbocycles. The van der Waals surface area contributed by atoms with Crippen molar-refractivity contribution in [2.75, 3.05) is 5.32 Å². The van der Waals surface area contributed by atoms with E-state index in [1.54, 1.807) is 11.3 Å². The Morgan fingerprint density at radius 2 is 1.76 bits per heavy atom. The van der Waals surface area contributed by atoms with Gasteiger partial charge in [-0.05, 0) is 30.7 Å². The van der Waals surface area contributed by atoms with Gasteiger partial charge in [-0.15, -0.1) is 11.3 Å². The molecule has 0 bridgehead atoms. The maximum Gasteiger partial charge on any atom is 0.187 e. The first-order chi connectivity index (χ1) is 10.3. The number of hydrogen-bond donors (Lipinski definition) is 1. The zero-order chi connectivity index (χ0) is 14.7. The Morgan fingerprint density at radius 1 is 1.05 bits per heavy atom. The Labute approximate surface area is 133 Å². The van der Waals surface area contributed by atoms with E-state index in [4.69, 9.17) is 16.6 Å². The number of halogens is 1. The summed E-state index contributed by atoms with van der Waals surface area (Å²) in [6.07, 6.45) is 0.964. The van der Waals surface area contributed by atoms with Crippen molar-refractivity contribution in [3.8, 4) is 11.3 Å². The van der Waals surface area contributed by atoms with E-state index in [1.807, 2.05) is 54.6 Å². The number of thiazole rings is 1. The van der Waals surface area contributed by atoms with Crippen LogP contribution in [0.4, 0.5) is 10.8 Å². The van der Waals surface area contributed by atoms with Gasteiger partial charge in [0.2, 0.25) is 0 Å². The second-order valence-electron chi connectivity index (χ2n) is 4.64. The lowest BCUT2D eigenvalue weighted by atomic mass is 10.1. The van der Waals surface area contributed by atoms with Crippen molar-refractivity contribution in [2.24, 2.45) is 0 Å². The van der Waals surface area contributed by atoms with E-state index in [2.05, 4.69) is 12.2 Å². The molecule has 0 aliphatic rings. The van der Waals surface area contributed by atoms with E-state index < -0.39 is 0 Å². The molecule has 2 aromatic carbocycles. The van der Waals surface area contributed by atoms with E-state index in [9.17, 15) is 0 Å². The van der Waals surface area contributed by atoms with Gasteiger partial charge in [0.25, 0.3) is 0 Å². The summed E-state index contributed by atoms with van der Waals surface area (Å²) in [6.45, 7) is 2.15. The van der Waals surface area contributed by atoms with Gasteiger partial charge >= 0.3 is 0 Å². The molecular weight excluding hydrogens is 300 g/mol. The molecule has 0 radical (unpaired) electrons. The highest BCUT2D eigenvalue weighted by atomic mass is 35.5. The quantitative estimate of drug-likeness (QED) is 0.661. The molecule has 1 aromatic heterocycles. The maximum atomic E-state index is 5.96. The summed E-state index contributed by atoms with van der Waals surface area (Å²) in [6, 6.07) is 17.9. The number of benzene rings is 2. The number of aryl methyl sites for hydroxylation is 1. The van der Waals surface area contributed by atoms with Crippen LogP contribution in [-0.4, -0.2) is 4.98 Å². The molecular formula is C17H15ClN2S. The number of nitrogens with one attached hydrogen (secondary N) is 1. The normalized spacial score (nSPS) is 10.6. The van der Waals surface area contributed by atoms with E-state index in [-0.39, 0.29) is 0 Å². The van der Waals surface area contributed by atoms with Crippen LogP contribution < -0.4 is 5.32 Å². The maximum absolute atomic E-state index is 5.96. The summed E-state index contributed by atoms with van der Waals surface area (Å²) in [7, 11) is 0. The van der Waals surface area contributed by atoms with Crippen molar-refractivity contribution >= 4 is 33.8 Å². The largest absolute Gasteiger partial charge is 0.332 e. The van der Waals surface area contributed by atoms with Crippen molar-refractivity contribution in [2.45, 2.75) is 13.3 Å². The van der Waals surface area contributed by atoms with Crippen LogP contribution in [0.25, 0.3) is 11.3 Å². The molecule has 1 heterocycles. The molecule has 0 spiro atoms. The van der Waals surface area contributed by atoms with Gasteiger partial charge in [-0.25, -0.2) is 4.98 Å². The first-order valence-electron chi connectivity index (χ1n) is 6.84. The molecule has 0 saturated heterocycles. The van der Waals surface area contributed by atoms with Crippen LogP contribution in [0.1, 0.15) is 11.8 Å². The first-order valence-corrected chi connectivity index (χ1v) is 8.03. The molecule has 3 aromatic rings. The van der Waals surface area contributed by atoms with Crippen LogP contribution in [0, 0.1) is 0 Å². The standard InChI is InChI=1S/C17H15ClN2S/c1-2-15-16(12-8-10-13(18)11-9-12)20-17(21-15)19-14-6-4-3-5-7-14/h3-11H,2H2,1H3,(H,19,20). The molecule has 0 aliphatic carbocycles. The Morgan fingerprint density at radius 3 is 2.43 bits per heavy atom. The van der Waals surface area contributed by atoms with Crippen LogP contribution in [0.2, 0.25) is 5.02 Å². The smallest absolute Gasteiger partial charge is 0.187 e. The SMILES string of the molecule is CCc1sc(Nc2ccccc2)nc1-c1ccc(Cl)cc1. The van der Waals surface area contributed by atoms with Gasteiger partial charge in [0, 0.05) is 21.2 Å². The van der Waals surface area contributed by atoms with Crippen LogP contribution in [-0.2, 0) is 6.42 Å². The minimum Gasteiger partial charge on any atom is -0.332 e. The third kappa shape index (κ3) is 3.26. The predicted molar refractivity (Wildman–Crippen MR) is 91.7 cm³/mol. The van der Waals surface area contributed by atoms with Gasteiger partial charge in [-0.1, -0.05) is 48.9 Å². The number of anilines is 2. The van der Waals surface area contributed by atoms with Gasteiger partial charge in [-0.3, -0.25) is 0 Å². The Kier molecular flexibility index (Phi) is 4.23. The highest BCUT2D eigenvalue weighted by molar-refractivity contribution is 7.16. The van der Waals surface area contributed by atoms with Crippen LogP contribution in [0.3, 0.4) is 0 Å². The summed E-state index contributed by atoms with van der Waals surface area (Å²) in [5.74, 6) is 0. The molecule has 0 aliphatic heterocycles. The van der Waals surface area contributed by atoms with E-state index in [0.717, 1.165) is 33.5 Å². The molecule has 4 heteroatoms. The van der Waals surface area contributed by atoms with E-state index >= 15 is 0 Å². The molecule has 106 valence electrons. The third-order valence-electron chi connectivity index (χ3n) is 3.16. The summed E-state index contributed by atoms with van der Waals surface area (Å²) in [4.78, 5) is 6.01. The second kappa shape index (κ2) is 6.29. The Balaban J connectivity index is 1.93. The van der Waals surface area contributed by atoms with Gasteiger partial charge in [-0.2, -0.15) is 0 Å². The molecule has 2 nitrogen and oxygen atoms in total. The minimum atomic E-state index is 0.745. The van der Waals surface area contributed by atoms with Crippen molar-refractivity contribution in [3.05, 3.63) is 64.5 Å². The third-order valence-corrected chi connectivity index (χ3v) is 4.53. The number of para-hydroxylation sites is 1. The number of aromatic nitrogens is 1. The summed E-state index contributed by atoms with van der Waals surface area (Å²) < 4.78 is 0. The molecule has 0 fully saturated rings. The summed E-state index contributed by atoms with van der Waals surface area (Å²) in [5.41, 5.74) is 3.20. The monoisotopic (exact) mass is 314 g/mol. The lowest BCUT2D eigenvalue weighted by Gasteiger charge is -2.01. The zero-order valence-corrected chi connectivity index (χ0v) is 13.2. The molecule has 0 amide bonds. The van der Waals surface area contributed by atoms with Gasteiger partial charge in [0.05, 0.1) is 5.69 Å². The van der Waals surface area contributed by atoms with Gasteiger partial charge in [0.1, 0.15) is 0 Å². The molecule has 3 rings (SSSR count). The van der Waals surface area contributed by atoms with Crippen LogP contribution in [0.15, 0.2) is 54.6 Å². The average Bonchev–Trinajstić information content (AvgIpc) is 2.92. The van der Waals surface area contributed by atoms with Gasteiger partial charge in [0.15, 0.2) is 5.13 Å².